The molecule has 1 aromatic carbocycles. The maximum absolute atomic E-state index is 12.1. The predicted octanol–water partition coefficient (Wildman–Crippen LogP) is 0.880. The first kappa shape index (κ1) is 19.0. The van der Waals surface area contributed by atoms with Crippen molar-refractivity contribution in [1.29, 1.82) is 0 Å². The van der Waals surface area contributed by atoms with E-state index in [0.29, 0.717) is 17.9 Å². The highest BCUT2D eigenvalue weighted by Crippen LogP contribution is 2.18. The van der Waals surface area contributed by atoms with Gasteiger partial charge in [0.1, 0.15) is 11.3 Å². The van der Waals surface area contributed by atoms with Gasteiger partial charge in [-0.2, -0.15) is 5.10 Å². The van der Waals surface area contributed by atoms with E-state index < -0.39 is 17.1 Å². The van der Waals surface area contributed by atoms with Gasteiger partial charge in [-0.3, -0.25) is 14.6 Å². The van der Waals surface area contributed by atoms with Crippen molar-refractivity contribution in [1.82, 2.24) is 15.0 Å². The standard InChI is InChI=1S/C17H20N4O5/c1-3-4-5-14(22)20-18-10-13-15(23)19-17(25)21(16(13)24)11-6-8-12(26-2)9-7-11/h6-10,24H,3-5H2,1-2H3,(H,20,22)(H,19,23,25). The molecule has 0 aliphatic heterocycles. The van der Waals surface area contributed by atoms with Gasteiger partial charge in [-0.05, 0) is 30.7 Å². The van der Waals surface area contributed by atoms with Gasteiger partial charge in [-0.25, -0.2) is 14.8 Å². The molecule has 2 aromatic rings. The molecule has 1 amide bonds. The van der Waals surface area contributed by atoms with Gasteiger partial charge in [0, 0.05) is 6.42 Å². The zero-order chi connectivity index (χ0) is 19.1. The van der Waals surface area contributed by atoms with Crippen LogP contribution in [0.1, 0.15) is 31.7 Å². The maximum Gasteiger partial charge on any atom is 0.335 e. The summed E-state index contributed by atoms with van der Waals surface area (Å²) in [5, 5.41) is 14.0. The number of unbranched alkanes of at least 4 members (excludes halogenated alkanes) is 1. The molecule has 3 N–H and O–H groups in total. The van der Waals surface area contributed by atoms with Crippen molar-refractivity contribution < 1.29 is 14.6 Å². The summed E-state index contributed by atoms with van der Waals surface area (Å²) >= 11 is 0. The van der Waals surface area contributed by atoms with Gasteiger partial charge in [0.25, 0.3) is 5.56 Å². The maximum atomic E-state index is 12.1. The molecule has 9 nitrogen and oxygen atoms in total. The zero-order valence-corrected chi connectivity index (χ0v) is 14.5. The number of benzene rings is 1. The molecule has 0 aliphatic rings. The van der Waals surface area contributed by atoms with Crippen molar-refractivity contribution in [3.63, 3.8) is 0 Å². The van der Waals surface area contributed by atoms with E-state index in [1.165, 1.54) is 7.11 Å². The first-order chi connectivity index (χ1) is 12.5. The number of aromatic nitrogens is 2. The van der Waals surface area contributed by atoms with Crippen LogP contribution in [0.25, 0.3) is 5.69 Å². The Labute approximate surface area is 149 Å². The van der Waals surface area contributed by atoms with Crippen LogP contribution in [-0.2, 0) is 4.79 Å². The number of nitrogens with one attached hydrogen (secondary N) is 2. The molecular formula is C17H20N4O5. The summed E-state index contributed by atoms with van der Waals surface area (Å²) in [6.45, 7) is 1.95. The molecule has 9 heteroatoms. The average molecular weight is 360 g/mol. The number of carbonyl (C=O) groups excluding carboxylic acids is 1. The second-order valence-corrected chi connectivity index (χ2v) is 5.43. The van der Waals surface area contributed by atoms with E-state index >= 15 is 0 Å². The lowest BCUT2D eigenvalue weighted by Gasteiger charge is -2.10. The van der Waals surface area contributed by atoms with E-state index in [1.807, 2.05) is 6.92 Å². The fraction of sp³-hybridized carbons (Fsp3) is 0.294. The monoisotopic (exact) mass is 360 g/mol. The van der Waals surface area contributed by atoms with E-state index in [9.17, 15) is 19.5 Å². The molecule has 0 unspecified atom stereocenters. The smallest absolute Gasteiger partial charge is 0.335 e. The molecule has 0 aliphatic carbocycles. The summed E-state index contributed by atoms with van der Waals surface area (Å²) < 4.78 is 5.96. The van der Waals surface area contributed by atoms with Gasteiger partial charge >= 0.3 is 5.69 Å². The quantitative estimate of drug-likeness (QED) is 0.499. The zero-order valence-electron chi connectivity index (χ0n) is 14.5. The van der Waals surface area contributed by atoms with Gasteiger partial charge in [0.15, 0.2) is 0 Å². The number of aromatic hydroxyl groups is 1. The minimum atomic E-state index is -0.816. The molecule has 0 atom stereocenters. The predicted molar refractivity (Wildman–Crippen MR) is 96.1 cm³/mol. The van der Waals surface area contributed by atoms with Gasteiger partial charge in [-0.1, -0.05) is 13.3 Å². The number of ether oxygens (including phenoxy) is 1. The number of hydrogen-bond acceptors (Lipinski definition) is 6. The number of carbonyl (C=O) groups is 1. The summed E-state index contributed by atoms with van der Waals surface area (Å²) in [7, 11) is 1.50. The highest BCUT2D eigenvalue weighted by atomic mass is 16.5. The molecule has 0 fully saturated rings. The third-order valence-corrected chi connectivity index (χ3v) is 3.59. The lowest BCUT2D eigenvalue weighted by molar-refractivity contribution is -0.121. The Hall–Kier alpha value is -3.36. The second kappa shape index (κ2) is 8.65. The lowest BCUT2D eigenvalue weighted by Crippen LogP contribution is -2.31. The van der Waals surface area contributed by atoms with E-state index in [1.54, 1.807) is 24.3 Å². The average Bonchev–Trinajstić information content (AvgIpc) is 2.63. The molecule has 1 heterocycles. The SMILES string of the molecule is CCCCC(=O)NN=Cc1c(O)n(-c2ccc(OC)cc2)c(=O)[nH]c1=O. The highest BCUT2D eigenvalue weighted by molar-refractivity contribution is 5.84. The molecular weight excluding hydrogens is 340 g/mol. The fourth-order valence-corrected chi connectivity index (χ4v) is 2.19. The van der Waals surface area contributed by atoms with Crippen LogP contribution in [0.3, 0.4) is 0 Å². The molecule has 138 valence electrons. The molecule has 0 radical (unpaired) electrons. The number of hydrazone groups is 1. The number of hydrogen-bond donors (Lipinski definition) is 3. The lowest BCUT2D eigenvalue weighted by atomic mass is 10.2. The van der Waals surface area contributed by atoms with Crippen molar-refractivity contribution in [2.45, 2.75) is 26.2 Å². The van der Waals surface area contributed by atoms with E-state index in [2.05, 4.69) is 15.5 Å². The fourth-order valence-electron chi connectivity index (χ4n) is 2.19. The molecule has 0 saturated carbocycles. The van der Waals surface area contributed by atoms with Gasteiger partial charge in [-0.15, -0.1) is 0 Å². The Morgan fingerprint density at radius 3 is 2.65 bits per heavy atom. The van der Waals surface area contributed by atoms with Crippen LogP contribution < -0.4 is 21.4 Å². The van der Waals surface area contributed by atoms with Crippen molar-refractivity contribution in [2.75, 3.05) is 7.11 Å². The number of rotatable bonds is 7. The third-order valence-electron chi connectivity index (χ3n) is 3.59. The van der Waals surface area contributed by atoms with E-state index in [4.69, 9.17) is 4.74 Å². The minimum absolute atomic E-state index is 0.254. The van der Waals surface area contributed by atoms with Crippen LogP contribution in [0.4, 0.5) is 0 Å². The van der Waals surface area contributed by atoms with Crippen LogP contribution in [0, 0.1) is 0 Å². The van der Waals surface area contributed by atoms with Crippen molar-refractivity contribution in [2.24, 2.45) is 5.10 Å². The largest absolute Gasteiger partial charge is 0.497 e. The minimum Gasteiger partial charge on any atom is -0.497 e. The Morgan fingerprint density at radius 2 is 2.04 bits per heavy atom. The topological polar surface area (TPSA) is 126 Å². The Balaban J connectivity index is 2.35. The number of amides is 1. The van der Waals surface area contributed by atoms with Gasteiger partial charge < -0.3 is 9.84 Å². The molecule has 2 rings (SSSR count). The van der Waals surface area contributed by atoms with Gasteiger partial charge in [0.05, 0.1) is 19.0 Å². The summed E-state index contributed by atoms with van der Waals surface area (Å²) in [6.07, 6.45) is 2.89. The van der Waals surface area contributed by atoms with Crippen LogP contribution in [0.2, 0.25) is 0 Å². The van der Waals surface area contributed by atoms with E-state index in [0.717, 1.165) is 23.6 Å². The molecule has 0 saturated heterocycles. The first-order valence-corrected chi connectivity index (χ1v) is 8.02. The van der Waals surface area contributed by atoms with Crippen LogP contribution in [-0.4, -0.2) is 33.9 Å². The number of H-pyrrole nitrogens is 1. The number of methoxy groups -OCH3 is 1. The summed E-state index contributed by atoms with van der Waals surface area (Å²) in [5.41, 5.74) is 0.724. The summed E-state index contributed by atoms with van der Waals surface area (Å²) in [6, 6.07) is 6.31. The molecule has 0 bridgehead atoms. The van der Waals surface area contributed by atoms with Crippen LogP contribution >= 0.6 is 0 Å². The summed E-state index contributed by atoms with van der Waals surface area (Å²) in [5.74, 6) is -0.319. The van der Waals surface area contributed by atoms with Crippen molar-refractivity contribution in [3.05, 3.63) is 50.7 Å². The third kappa shape index (κ3) is 4.38. The van der Waals surface area contributed by atoms with Crippen molar-refractivity contribution >= 4 is 12.1 Å². The molecule has 0 spiro atoms. The Kier molecular flexibility index (Phi) is 6.31. The van der Waals surface area contributed by atoms with Crippen LogP contribution in [0.15, 0.2) is 39.0 Å². The first-order valence-electron chi connectivity index (χ1n) is 8.02. The Bertz CT molecular complexity index is 912. The van der Waals surface area contributed by atoms with Crippen molar-refractivity contribution in [3.8, 4) is 17.3 Å². The number of aromatic amines is 1. The summed E-state index contributed by atoms with van der Waals surface area (Å²) in [4.78, 5) is 37.6. The Morgan fingerprint density at radius 1 is 1.35 bits per heavy atom. The molecule has 1 aromatic heterocycles. The van der Waals surface area contributed by atoms with E-state index in [-0.39, 0.29) is 11.5 Å². The van der Waals surface area contributed by atoms with Crippen LogP contribution in [0.5, 0.6) is 11.6 Å². The van der Waals surface area contributed by atoms with Gasteiger partial charge in [0.2, 0.25) is 11.8 Å². The second-order valence-electron chi connectivity index (χ2n) is 5.43. The highest BCUT2D eigenvalue weighted by Gasteiger charge is 2.14. The number of nitrogens with zero attached hydrogens (tertiary/aromatic N) is 2. The molecule has 26 heavy (non-hydrogen) atoms. The normalized spacial score (nSPS) is 10.8.